The van der Waals surface area contributed by atoms with E-state index < -0.39 is 157 Å². The number of aromatic hydroxyl groups is 2. The van der Waals surface area contributed by atoms with Crippen molar-refractivity contribution in [3.05, 3.63) is 81.2 Å². The van der Waals surface area contributed by atoms with Gasteiger partial charge < -0.3 is 79.3 Å². The van der Waals surface area contributed by atoms with Gasteiger partial charge in [-0.25, -0.2) is 14.0 Å². The summed E-state index contributed by atoms with van der Waals surface area (Å²) in [5, 5.41) is 88.7. The van der Waals surface area contributed by atoms with Gasteiger partial charge in [-0.15, -0.1) is 0 Å². The first-order valence-corrected chi connectivity index (χ1v) is 19.7. The van der Waals surface area contributed by atoms with Gasteiger partial charge in [0.2, 0.25) is 12.1 Å². The second kappa shape index (κ2) is 18.0. The lowest BCUT2D eigenvalue weighted by atomic mass is 9.72. The van der Waals surface area contributed by atoms with Crippen LogP contribution in [0.15, 0.2) is 36.4 Å². The van der Waals surface area contributed by atoms with E-state index in [4.69, 9.17) is 28.4 Å². The number of carbonyl (C=O) groups is 5. The van der Waals surface area contributed by atoms with E-state index in [1.54, 1.807) is 0 Å². The van der Waals surface area contributed by atoms with Crippen molar-refractivity contribution in [2.45, 2.75) is 99.7 Å². The number of halogens is 1. The summed E-state index contributed by atoms with van der Waals surface area (Å²) < 4.78 is 52.7. The van der Waals surface area contributed by atoms with Gasteiger partial charge in [-0.05, 0) is 30.7 Å². The van der Waals surface area contributed by atoms with Crippen LogP contribution >= 0.6 is 0 Å². The Morgan fingerprint density at radius 1 is 0.906 bits per heavy atom. The number of methoxy groups -OCH3 is 2. The lowest BCUT2D eigenvalue weighted by molar-refractivity contribution is -0.272. The Labute approximate surface area is 361 Å². The number of benzene rings is 3. The van der Waals surface area contributed by atoms with Crippen LogP contribution in [0.2, 0.25) is 0 Å². The molecule has 3 aromatic carbocycles. The van der Waals surface area contributed by atoms with Gasteiger partial charge in [0.05, 0.1) is 49.2 Å². The maximum Gasteiger partial charge on any atom is 0.407 e. The zero-order valence-electron chi connectivity index (χ0n) is 34.1. The number of phenolic OH excluding ortho intramolecular Hbond substituents is 2. The summed E-state index contributed by atoms with van der Waals surface area (Å²) in [6, 6.07) is 6.28. The second-order valence-corrected chi connectivity index (χ2v) is 15.6. The average molecular weight is 902 g/mol. The van der Waals surface area contributed by atoms with Gasteiger partial charge in [0, 0.05) is 36.0 Å². The minimum absolute atomic E-state index is 0.0121. The molecule has 7 rings (SSSR count). The highest BCUT2D eigenvalue weighted by Gasteiger charge is 2.51. The standard InChI is InChI=1S/C42H44FNO20/c1-15-30(47)20(44-41(56)60-14-16-7-8-21(19(43)9-16)63-40-37(54)35(52)36(53)38(64-40)39(55)59-3)10-25(61-15)62-23-12-42(57,24(46)13-45)11-18-27(23)34(51)29-28(32(18)49)31(48)17-5-4-6-22(58-2)26(17)33(29)50/h4-9,15,20,23,25,30,35-38,40,45,47,49,51-54,57H,10-14H2,1-3H3,(H,44,56)/t15-,20-,23-,25-,30+,35-,36-,37+,38-,40+,42-/m0/s1. The molecular formula is C42H44FNO20. The number of esters is 1. The summed E-state index contributed by atoms with van der Waals surface area (Å²) in [6.45, 7) is -0.244. The number of aliphatic hydroxyl groups is 6. The molecule has 0 radical (unpaired) electrons. The molecule has 2 saturated heterocycles. The minimum atomic E-state index is -2.43. The summed E-state index contributed by atoms with van der Waals surface area (Å²) in [7, 11) is 2.27. The number of hydrogen-bond donors (Lipinski definition) is 9. The summed E-state index contributed by atoms with van der Waals surface area (Å²) >= 11 is 0. The maximum atomic E-state index is 15.1. The highest BCUT2D eigenvalue weighted by Crippen LogP contribution is 2.52. The molecule has 3 aromatic rings. The number of hydrogen-bond acceptors (Lipinski definition) is 20. The summed E-state index contributed by atoms with van der Waals surface area (Å²) in [6.07, 6.45) is -17.5. The Balaban J connectivity index is 1.06. The number of Topliss-reactive ketones (excluding diaryl/α,β-unsaturated/α-hetero) is 1. The van der Waals surface area contributed by atoms with Crippen LogP contribution in [-0.2, 0) is 46.3 Å². The summed E-state index contributed by atoms with van der Waals surface area (Å²) in [4.78, 5) is 65.7. The van der Waals surface area contributed by atoms with Crippen molar-refractivity contribution < 1.29 is 102 Å². The van der Waals surface area contributed by atoms with E-state index in [1.165, 1.54) is 38.3 Å². The lowest BCUT2D eigenvalue weighted by Crippen LogP contribution is -2.61. The Morgan fingerprint density at radius 2 is 1.62 bits per heavy atom. The SMILES string of the molecule is COC(=O)[C@H]1O[C@@H](Oc2ccc(COC(=O)N[C@H]3C[C@H](O[C@H]4C[C@](O)(C(=O)CO)Cc5c(O)c6c(c(O)c54)C(=O)c4c(OC)cccc4C6=O)O[C@@H](C)[C@H]3O)cc2F)[C@H](O)[C@@H](O)[C@@H]1O. The average Bonchev–Trinajstić information content (AvgIpc) is 3.27. The topological polar surface area (TPSA) is 324 Å². The molecule has 22 heteroatoms. The van der Waals surface area contributed by atoms with Crippen molar-refractivity contribution in [1.29, 1.82) is 0 Å². The van der Waals surface area contributed by atoms with E-state index in [2.05, 4.69) is 10.1 Å². The molecule has 2 fully saturated rings. The number of phenols is 2. The number of nitrogens with one attached hydrogen (secondary N) is 1. The number of carbonyl (C=O) groups excluding carboxylic acids is 5. The van der Waals surface area contributed by atoms with E-state index in [9.17, 15) is 64.8 Å². The second-order valence-electron chi connectivity index (χ2n) is 15.6. The quantitative estimate of drug-likeness (QED) is 0.0675. The third-order valence-electron chi connectivity index (χ3n) is 11.7. The van der Waals surface area contributed by atoms with Gasteiger partial charge in [0.25, 0.3) is 0 Å². The van der Waals surface area contributed by atoms with Gasteiger partial charge in [0.15, 0.2) is 35.5 Å². The normalized spacial score (nSPS) is 29.7. The van der Waals surface area contributed by atoms with Crippen LogP contribution in [0.25, 0.3) is 0 Å². The predicted molar refractivity (Wildman–Crippen MR) is 207 cm³/mol. The fraction of sp³-hybridized carbons (Fsp3) is 0.452. The summed E-state index contributed by atoms with van der Waals surface area (Å²) in [5.74, 6) is -7.09. The van der Waals surface area contributed by atoms with E-state index in [1.807, 2.05) is 0 Å². The number of alkyl carbamates (subject to hydrolysis) is 1. The molecule has 0 unspecified atom stereocenters. The molecule has 64 heavy (non-hydrogen) atoms. The van der Waals surface area contributed by atoms with Crippen molar-refractivity contribution in [2.24, 2.45) is 0 Å². The molecule has 11 atom stereocenters. The molecule has 2 aliphatic heterocycles. The highest BCUT2D eigenvalue weighted by atomic mass is 19.1. The van der Waals surface area contributed by atoms with Crippen molar-refractivity contribution in [3.63, 3.8) is 0 Å². The predicted octanol–water partition coefficient (Wildman–Crippen LogP) is -0.532. The molecule has 0 saturated carbocycles. The van der Waals surface area contributed by atoms with E-state index >= 15 is 4.39 Å². The van der Waals surface area contributed by atoms with Crippen molar-refractivity contribution in [3.8, 4) is 23.0 Å². The molecule has 2 heterocycles. The van der Waals surface area contributed by atoms with Crippen LogP contribution in [0.5, 0.6) is 23.0 Å². The van der Waals surface area contributed by atoms with Crippen LogP contribution in [0.1, 0.15) is 74.4 Å². The molecule has 1 amide bonds. The number of fused-ring (bicyclic) bond motifs is 3. The Hall–Kier alpha value is -5.82. The first kappa shape index (κ1) is 46.2. The smallest absolute Gasteiger partial charge is 0.407 e. The number of ketones is 3. The van der Waals surface area contributed by atoms with Gasteiger partial charge in [0.1, 0.15) is 60.5 Å². The van der Waals surface area contributed by atoms with Crippen molar-refractivity contribution in [1.82, 2.24) is 5.32 Å². The zero-order valence-corrected chi connectivity index (χ0v) is 34.1. The van der Waals surface area contributed by atoms with E-state index in [-0.39, 0.29) is 40.0 Å². The Bertz CT molecular complexity index is 2370. The summed E-state index contributed by atoms with van der Waals surface area (Å²) in [5.41, 5.74) is -4.44. The molecule has 0 aromatic heterocycles. The van der Waals surface area contributed by atoms with Gasteiger partial charge in [-0.3, -0.25) is 14.4 Å². The first-order chi connectivity index (χ1) is 30.3. The van der Waals surface area contributed by atoms with Gasteiger partial charge in [-0.2, -0.15) is 0 Å². The highest BCUT2D eigenvalue weighted by molar-refractivity contribution is 6.31. The monoisotopic (exact) mass is 901 g/mol. The maximum absolute atomic E-state index is 15.1. The molecule has 344 valence electrons. The molecule has 2 aliphatic carbocycles. The molecular weight excluding hydrogens is 857 g/mol. The number of rotatable bonds is 11. The minimum Gasteiger partial charge on any atom is -0.507 e. The molecule has 0 spiro atoms. The molecule has 9 N–H and O–H groups in total. The number of amides is 1. The van der Waals surface area contributed by atoms with Crippen LogP contribution < -0.4 is 14.8 Å². The zero-order chi connectivity index (χ0) is 46.5. The van der Waals surface area contributed by atoms with Crippen LogP contribution in [0.3, 0.4) is 0 Å². The largest absolute Gasteiger partial charge is 0.507 e. The fourth-order valence-corrected chi connectivity index (χ4v) is 8.31. The fourth-order valence-electron chi connectivity index (χ4n) is 8.31. The number of aliphatic hydroxyl groups excluding tert-OH is 5. The van der Waals surface area contributed by atoms with Crippen molar-refractivity contribution in [2.75, 3.05) is 20.8 Å². The molecule has 0 bridgehead atoms. The first-order valence-electron chi connectivity index (χ1n) is 19.7. The van der Waals surface area contributed by atoms with Gasteiger partial charge in [-0.1, -0.05) is 18.2 Å². The van der Waals surface area contributed by atoms with Crippen LogP contribution in [0.4, 0.5) is 9.18 Å². The Kier molecular flexibility index (Phi) is 13.0. The van der Waals surface area contributed by atoms with Gasteiger partial charge >= 0.3 is 12.1 Å². The van der Waals surface area contributed by atoms with E-state index in [0.717, 1.165) is 19.2 Å². The third-order valence-corrected chi connectivity index (χ3v) is 11.7. The molecule has 4 aliphatic rings. The van der Waals surface area contributed by atoms with Crippen molar-refractivity contribution >= 4 is 29.4 Å². The van der Waals surface area contributed by atoms with E-state index in [0.29, 0.717) is 0 Å². The van der Waals surface area contributed by atoms with Crippen LogP contribution in [0, 0.1) is 5.82 Å². The molecule has 21 nitrogen and oxygen atoms in total. The number of ether oxygens (including phenoxy) is 7. The third kappa shape index (κ3) is 8.23. The Morgan fingerprint density at radius 3 is 2.30 bits per heavy atom. The van der Waals surface area contributed by atoms with Crippen LogP contribution in [-0.4, -0.2) is 152 Å². The lowest BCUT2D eigenvalue weighted by Gasteiger charge is -2.42.